The Morgan fingerprint density at radius 2 is 1.04 bits per heavy atom. The van der Waals surface area contributed by atoms with Crippen molar-refractivity contribution in [2.75, 3.05) is 0 Å². The highest BCUT2D eigenvalue weighted by molar-refractivity contribution is 5.89. The maximum Gasteiger partial charge on any atom is 0.178 e. The molecule has 10 rings (SSSR count). The van der Waals surface area contributed by atoms with E-state index in [9.17, 15) is 0 Å². The normalized spacial score (nSPS) is 13.4. The van der Waals surface area contributed by atoms with Gasteiger partial charge < -0.3 is 9.47 Å². The van der Waals surface area contributed by atoms with Crippen LogP contribution in [0.2, 0.25) is 0 Å². The summed E-state index contributed by atoms with van der Waals surface area (Å²) in [7, 11) is 0. The minimum absolute atomic E-state index is 0.115. The van der Waals surface area contributed by atoms with Gasteiger partial charge in [-0.15, -0.1) is 0 Å². The van der Waals surface area contributed by atoms with E-state index in [-0.39, 0.29) is 5.41 Å². The van der Waals surface area contributed by atoms with Crippen LogP contribution in [0.5, 0.6) is 23.0 Å². The van der Waals surface area contributed by atoms with E-state index < -0.39 is 0 Å². The Labute approximate surface area is 295 Å². The van der Waals surface area contributed by atoms with Gasteiger partial charge in [-0.3, -0.25) is 0 Å². The van der Waals surface area contributed by atoms with Crippen molar-refractivity contribution in [3.05, 3.63) is 163 Å². The molecule has 8 aromatic rings. The molecular weight excluding hydrogens is 627 g/mol. The SMILES string of the molecule is CC1(C)c2ccccc2-c2c1ccc1c2Oc2ccc(-c3cccc(-c4nc(-c5ccccc5)nc(-c5ccc6ccccc6c5)n4)c3)cc2O1. The van der Waals surface area contributed by atoms with E-state index >= 15 is 0 Å². The van der Waals surface area contributed by atoms with Gasteiger partial charge in [0.2, 0.25) is 0 Å². The zero-order valence-corrected chi connectivity index (χ0v) is 28.1. The van der Waals surface area contributed by atoms with Gasteiger partial charge >= 0.3 is 0 Å². The summed E-state index contributed by atoms with van der Waals surface area (Å²) in [5, 5.41) is 2.31. The van der Waals surface area contributed by atoms with E-state index in [2.05, 4.69) is 98.8 Å². The largest absolute Gasteiger partial charge is 0.449 e. The molecule has 0 bridgehead atoms. The molecule has 1 aromatic heterocycles. The van der Waals surface area contributed by atoms with Crippen molar-refractivity contribution in [1.29, 1.82) is 0 Å². The third kappa shape index (κ3) is 4.81. The van der Waals surface area contributed by atoms with E-state index in [0.29, 0.717) is 29.0 Å². The van der Waals surface area contributed by atoms with Crippen LogP contribution in [0.1, 0.15) is 25.0 Å². The minimum atomic E-state index is -0.115. The fraction of sp³-hybridized carbons (Fsp3) is 0.0652. The number of aromatic nitrogens is 3. The summed E-state index contributed by atoms with van der Waals surface area (Å²) >= 11 is 0. The number of benzene rings is 7. The molecule has 1 aliphatic carbocycles. The lowest BCUT2D eigenvalue weighted by atomic mass is 9.82. The second-order valence-electron chi connectivity index (χ2n) is 13.7. The first kappa shape index (κ1) is 29.3. The van der Waals surface area contributed by atoms with Crippen LogP contribution in [0, 0.1) is 0 Å². The molecule has 5 heteroatoms. The van der Waals surface area contributed by atoms with Gasteiger partial charge in [0.05, 0.1) is 0 Å². The van der Waals surface area contributed by atoms with Crippen molar-refractivity contribution in [1.82, 2.24) is 15.0 Å². The fourth-order valence-corrected chi connectivity index (χ4v) is 7.52. The molecule has 242 valence electrons. The quantitative estimate of drug-likeness (QED) is 0.188. The van der Waals surface area contributed by atoms with Gasteiger partial charge in [-0.05, 0) is 68.9 Å². The number of hydrogen-bond acceptors (Lipinski definition) is 5. The Hall–Kier alpha value is -6.59. The monoisotopic (exact) mass is 657 g/mol. The van der Waals surface area contributed by atoms with Gasteiger partial charge in [-0.25, -0.2) is 15.0 Å². The summed E-state index contributed by atoms with van der Waals surface area (Å²) < 4.78 is 13.2. The van der Waals surface area contributed by atoms with Crippen LogP contribution < -0.4 is 9.47 Å². The average Bonchev–Trinajstić information content (AvgIpc) is 3.43. The molecule has 2 aliphatic rings. The van der Waals surface area contributed by atoms with Crippen molar-refractivity contribution in [3.63, 3.8) is 0 Å². The molecule has 5 nitrogen and oxygen atoms in total. The summed E-state index contributed by atoms with van der Waals surface area (Å²) in [5.41, 5.74) is 9.54. The molecule has 0 unspecified atom stereocenters. The number of ether oxygens (including phenoxy) is 2. The number of fused-ring (bicyclic) bond motifs is 7. The second kappa shape index (κ2) is 11.2. The van der Waals surface area contributed by atoms with E-state index in [1.807, 2.05) is 66.7 Å². The molecule has 0 radical (unpaired) electrons. The predicted octanol–water partition coefficient (Wildman–Crippen LogP) is 11.9. The maximum absolute atomic E-state index is 6.64. The second-order valence-corrected chi connectivity index (χ2v) is 13.7. The molecule has 0 atom stereocenters. The molecule has 0 amide bonds. The highest BCUT2D eigenvalue weighted by Gasteiger charge is 2.39. The summed E-state index contributed by atoms with van der Waals surface area (Å²) in [6.45, 7) is 4.54. The van der Waals surface area contributed by atoms with E-state index in [4.69, 9.17) is 24.4 Å². The van der Waals surface area contributed by atoms with Crippen LogP contribution in [-0.2, 0) is 5.41 Å². The molecule has 7 aromatic carbocycles. The predicted molar refractivity (Wildman–Crippen MR) is 203 cm³/mol. The van der Waals surface area contributed by atoms with Gasteiger partial charge in [-0.2, -0.15) is 0 Å². The Kier molecular flexibility index (Phi) is 6.46. The average molecular weight is 658 g/mol. The maximum atomic E-state index is 6.64. The minimum Gasteiger partial charge on any atom is -0.449 e. The third-order valence-electron chi connectivity index (χ3n) is 10.2. The molecule has 0 N–H and O–H groups in total. The first-order valence-electron chi connectivity index (χ1n) is 17.2. The van der Waals surface area contributed by atoms with Gasteiger partial charge in [0.25, 0.3) is 0 Å². The summed E-state index contributed by atoms with van der Waals surface area (Å²) in [6, 6.07) is 52.0. The summed E-state index contributed by atoms with van der Waals surface area (Å²) in [4.78, 5) is 14.9. The molecule has 0 spiro atoms. The molecule has 0 saturated heterocycles. The van der Waals surface area contributed by atoms with Crippen LogP contribution in [0.25, 0.3) is 67.2 Å². The van der Waals surface area contributed by atoms with Crippen molar-refractivity contribution in [2.45, 2.75) is 19.3 Å². The Bertz CT molecular complexity index is 2680. The first-order chi connectivity index (χ1) is 25.0. The van der Waals surface area contributed by atoms with E-state index in [1.54, 1.807) is 0 Å². The molecule has 0 fully saturated rings. The van der Waals surface area contributed by atoms with E-state index in [0.717, 1.165) is 50.3 Å². The molecule has 1 aliphatic heterocycles. The Morgan fingerprint density at radius 1 is 0.412 bits per heavy atom. The van der Waals surface area contributed by atoms with Gasteiger partial charge in [0.1, 0.15) is 0 Å². The third-order valence-corrected chi connectivity index (χ3v) is 10.2. The van der Waals surface area contributed by atoms with Crippen molar-refractivity contribution in [3.8, 4) is 79.4 Å². The van der Waals surface area contributed by atoms with Crippen molar-refractivity contribution in [2.24, 2.45) is 0 Å². The smallest absolute Gasteiger partial charge is 0.178 e. The van der Waals surface area contributed by atoms with Gasteiger partial charge in [0.15, 0.2) is 40.5 Å². The molecular formula is C46H31N3O2. The number of hydrogen-bond donors (Lipinski definition) is 0. The van der Waals surface area contributed by atoms with Crippen LogP contribution in [0.4, 0.5) is 0 Å². The number of nitrogens with zero attached hydrogens (tertiary/aromatic N) is 3. The number of rotatable bonds is 4. The summed E-state index contributed by atoms with van der Waals surface area (Å²) in [6.07, 6.45) is 0. The van der Waals surface area contributed by atoms with Crippen LogP contribution in [-0.4, -0.2) is 15.0 Å². The van der Waals surface area contributed by atoms with Crippen LogP contribution in [0.15, 0.2) is 152 Å². The van der Waals surface area contributed by atoms with Crippen molar-refractivity contribution < 1.29 is 9.47 Å². The first-order valence-corrected chi connectivity index (χ1v) is 17.2. The molecule has 0 saturated carbocycles. The summed E-state index contributed by atoms with van der Waals surface area (Å²) in [5.74, 6) is 4.75. The van der Waals surface area contributed by atoms with Gasteiger partial charge in [0, 0.05) is 27.7 Å². The van der Waals surface area contributed by atoms with Crippen LogP contribution >= 0.6 is 0 Å². The Morgan fingerprint density at radius 3 is 1.88 bits per heavy atom. The standard InChI is InChI=1S/C46H31N3O2/c1-46(2)36-18-9-8-17-35(36)41-37(46)22-24-39-42(41)51-38-23-21-32(27-40(38)50-39)31-15-10-16-33(26-31)44-47-43(29-12-4-3-5-13-29)48-45(49-44)34-20-19-28-11-6-7-14-30(28)25-34/h3-27H,1-2H3. The Balaban J connectivity index is 1.03. The van der Waals surface area contributed by atoms with Gasteiger partial charge in [-0.1, -0.05) is 135 Å². The van der Waals surface area contributed by atoms with Crippen molar-refractivity contribution >= 4 is 10.8 Å². The lowest BCUT2D eigenvalue weighted by Crippen LogP contribution is -2.15. The van der Waals surface area contributed by atoms with E-state index in [1.165, 1.54) is 22.1 Å². The fourth-order valence-electron chi connectivity index (χ4n) is 7.52. The molecule has 2 heterocycles. The molecule has 51 heavy (non-hydrogen) atoms. The highest BCUT2D eigenvalue weighted by Crippen LogP contribution is 2.58. The highest BCUT2D eigenvalue weighted by atomic mass is 16.6. The van der Waals surface area contributed by atoms with Crippen LogP contribution in [0.3, 0.4) is 0 Å². The zero-order chi connectivity index (χ0) is 34.1. The topological polar surface area (TPSA) is 57.1 Å². The zero-order valence-electron chi connectivity index (χ0n) is 28.1. The lowest BCUT2D eigenvalue weighted by Gasteiger charge is -2.25. The lowest BCUT2D eigenvalue weighted by molar-refractivity contribution is 0.360.